The number of amides is 1. The smallest absolute Gasteiger partial charge is 0.289 e. The molecule has 0 aromatic carbocycles. The number of rotatable bonds is 1. The monoisotopic (exact) mass is 181 g/mol. The van der Waals surface area contributed by atoms with Crippen molar-refractivity contribution in [2.24, 2.45) is 5.73 Å². The molecule has 0 radical (unpaired) electrons. The molecule has 0 spiro atoms. The summed E-state index contributed by atoms with van der Waals surface area (Å²) >= 11 is 0. The first-order valence-electron chi connectivity index (χ1n) is 3.35. The number of aromatic nitrogens is 4. The van der Waals surface area contributed by atoms with Gasteiger partial charge in [0.2, 0.25) is 5.82 Å². The van der Waals surface area contributed by atoms with E-state index in [1.54, 1.807) is 0 Å². The molecular weight excluding hydrogens is 177 g/mol. The SMILES string of the molecule is NC(=O)c1ncc2[nH]c(F)nc2n1. The Morgan fingerprint density at radius 2 is 2.31 bits per heavy atom. The number of H-pyrrole nitrogens is 1. The third-order valence-electron chi connectivity index (χ3n) is 1.43. The number of nitrogens with zero attached hydrogens (tertiary/aromatic N) is 3. The van der Waals surface area contributed by atoms with E-state index in [9.17, 15) is 9.18 Å². The van der Waals surface area contributed by atoms with Crippen LogP contribution in [0.25, 0.3) is 11.2 Å². The van der Waals surface area contributed by atoms with E-state index in [1.807, 2.05) is 0 Å². The number of primary amides is 1. The summed E-state index contributed by atoms with van der Waals surface area (Å²) in [6.45, 7) is 0. The lowest BCUT2D eigenvalue weighted by atomic mass is 10.5. The maximum atomic E-state index is 12.5. The zero-order valence-electron chi connectivity index (χ0n) is 6.28. The molecule has 13 heavy (non-hydrogen) atoms. The van der Waals surface area contributed by atoms with Crippen LogP contribution in [0.15, 0.2) is 6.20 Å². The van der Waals surface area contributed by atoms with Gasteiger partial charge in [-0.05, 0) is 0 Å². The van der Waals surface area contributed by atoms with Crippen molar-refractivity contribution in [2.45, 2.75) is 0 Å². The molecule has 2 rings (SSSR count). The van der Waals surface area contributed by atoms with Crippen LogP contribution in [-0.4, -0.2) is 25.8 Å². The van der Waals surface area contributed by atoms with Gasteiger partial charge in [0.15, 0.2) is 5.65 Å². The predicted molar refractivity (Wildman–Crippen MR) is 40.2 cm³/mol. The zero-order valence-corrected chi connectivity index (χ0v) is 6.28. The highest BCUT2D eigenvalue weighted by Gasteiger charge is 2.08. The van der Waals surface area contributed by atoms with Crippen LogP contribution in [0.4, 0.5) is 4.39 Å². The van der Waals surface area contributed by atoms with Crippen LogP contribution < -0.4 is 5.73 Å². The Balaban J connectivity index is 2.67. The molecule has 0 bridgehead atoms. The van der Waals surface area contributed by atoms with E-state index in [1.165, 1.54) is 6.20 Å². The Bertz CT molecular complexity index is 479. The van der Waals surface area contributed by atoms with Crippen LogP contribution >= 0.6 is 0 Å². The minimum absolute atomic E-state index is 0.0845. The van der Waals surface area contributed by atoms with E-state index in [4.69, 9.17) is 5.73 Å². The molecule has 2 aromatic rings. The number of carbonyl (C=O) groups is 1. The van der Waals surface area contributed by atoms with Crippen molar-refractivity contribution in [1.29, 1.82) is 0 Å². The molecule has 66 valence electrons. The number of fused-ring (bicyclic) bond motifs is 1. The van der Waals surface area contributed by atoms with E-state index in [0.29, 0.717) is 5.52 Å². The molecule has 0 aliphatic carbocycles. The van der Waals surface area contributed by atoms with Crippen LogP contribution in [-0.2, 0) is 0 Å². The van der Waals surface area contributed by atoms with Gasteiger partial charge in [-0.15, -0.1) is 0 Å². The lowest BCUT2D eigenvalue weighted by Crippen LogP contribution is -2.14. The second-order valence-electron chi connectivity index (χ2n) is 2.32. The molecule has 0 aliphatic rings. The van der Waals surface area contributed by atoms with Gasteiger partial charge in [-0.2, -0.15) is 9.37 Å². The van der Waals surface area contributed by atoms with Gasteiger partial charge in [0.1, 0.15) is 5.52 Å². The van der Waals surface area contributed by atoms with E-state index in [0.717, 1.165) is 0 Å². The summed E-state index contributed by atoms with van der Waals surface area (Å²) < 4.78 is 12.5. The number of halogens is 1. The van der Waals surface area contributed by atoms with E-state index >= 15 is 0 Å². The van der Waals surface area contributed by atoms with Crippen LogP contribution in [0, 0.1) is 6.08 Å². The fraction of sp³-hybridized carbons (Fsp3) is 0. The van der Waals surface area contributed by atoms with Crippen molar-refractivity contribution in [3.05, 3.63) is 18.1 Å². The van der Waals surface area contributed by atoms with Gasteiger partial charge in [0.25, 0.3) is 12.0 Å². The molecule has 0 saturated heterocycles. The molecule has 2 aromatic heterocycles. The van der Waals surface area contributed by atoms with Crippen LogP contribution in [0.5, 0.6) is 0 Å². The second kappa shape index (κ2) is 2.47. The van der Waals surface area contributed by atoms with Crippen molar-refractivity contribution in [1.82, 2.24) is 19.9 Å². The highest BCUT2D eigenvalue weighted by molar-refractivity contribution is 5.90. The number of aromatic amines is 1. The Morgan fingerprint density at radius 3 is 3.00 bits per heavy atom. The molecule has 0 aliphatic heterocycles. The summed E-state index contributed by atoms with van der Waals surface area (Å²) in [6, 6.07) is 0. The summed E-state index contributed by atoms with van der Waals surface area (Å²) in [4.78, 5) is 23.5. The summed E-state index contributed by atoms with van der Waals surface area (Å²) in [7, 11) is 0. The normalized spacial score (nSPS) is 10.5. The minimum atomic E-state index is -0.773. The molecule has 3 N–H and O–H groups in total. The van der Waals surface area contributed by atoms with Crippen molar-refractivity contribution in [2.75, 3.05) is 0 Å². The van der Waals surface area contributed by atoms with E-state index < -0.39 is 12.0 Å². The fourth-order valence-corrected chi connectivity index (χ4v) is 0.897. The summed E-state index contributed by atoms with van der Waals surface area (Å²) in [6.07, 6.45) is 0.476. The maximum Gasteiger partial charge on any atom is 0.289 e. The van der Waals surface area contributed by atoms with Crippen molar-refractivity contribution in [3.63, 3.8) is 0 Å². The van der Waals surface area contributed by atoms with E-state index in [2.05, 4.69) is 19.9 Å². The number of nitrogens with two attached hydrogens (primary N) is 1. The van der Waals surface area contributed by atoms with E-state index in [-0.39, 0.29) is 11.5 Å². The molecule has 0 saturated carbocycles. The van der Waals surface area contributed by atoms with Crippen LogP contribution in [0.2, 0.25) is 0 Å². The van der Waals surface area contributed by atoms with Gasteiger partial charge in [-0.3, -0.25) is 4.79 Å². The third kappa shape index (κ3) is 1.19. The second-order valence-corrected chi connectivity index (χ2v) is 2.32. The number of hydrogen-bond donors (Lipinski definition) is 2. The van der Waals surface area contributed by atoms with Gasteiger partial charge < -0.3 is 10.7 Å². The standard InChI is InChI=1S/C6H4FN5O/c7-6-10-2-1-9-5(3(8)13)11-4(2)12-6/h1H,(H2,8,13)(H,9,10,11,12). The lowest BCUT2D eigenvalue weighted by Gasteiger charge is -1.90. The molecule has 7 heteroatoms. The Kier molecular flexibility index (Phi) is 1.44. The highest BCUT2D eigenvalue weighted by atomic mass is 19.1. The number of carbonyl (C=O) groups excluding carboxylic acids is 1. The largest absolute Gasteiger partial charge is 0.363 e. The average Bonchev–Trinajstić information content (AvgIpc) is 2.42. The maximum absolute atomic E-state index is 12.5. The quantitative estimate of drug-likeness (QED) is 0.584. The molecule has 2 heterocycles. The third-order valence-corrected chi connectivity index (χ3v) is 1.43. The Morgan fingerprint density at radius 1 is 1.54 bits per heavy atom. The Hall–Kier alpha value is -2.05. The zero-order chi connectivity index (χ0) is 9.42. The minimum Gasteiger partial charge on any atom is -0.363 e. The van der Waals surface area contributed by atoms with Crippen molar-refractivity contribution in [3.8, 4) is 0 Å². The first kappa shape index (κ1) is 7.59. The van der Waals surface area contributed by atoms with Crippen molar-refractivity contribution >= 4 is 17.1 Å². The Labute approximate surface area is 71.0 Å². The fourth-order valence-electron chi connectivity index (χ4n) is 0.897. The first-order valence-corrected chi connectivity index (χ1v) is 3.35. The van der Waals surface area contributed by atoms with Gasteiger partial charge >= 0.3 is 0 Å². The van der Waals surface area contributed by atoms with Gasteiger partial charge in [-0.25, -0.2) is 9.97 Å². The molecule has 0 unspecified atom stereocenters. The summed E-state index contributed by atoms with van der Waals surface area (Å²) in [5.41, 5.74) is 5.32. The number of nitrogens with one attached hydrogen (secondary N) is 1. The predicted octanol–water partition coefficient (Wildman–Crippen LogP) is -0.409. The van der Waals surface area contributed by atoms with Crippen LogP contribution in [0.3, 0.4) is 0 Å². The van der Waals surface area contributed by atoms with Gasteiger partial charge in [0, 0.05) is 0 Å². The summed E-state index contributed by atoms with van der Waals surface area (Å²) in [5.74, 6) is -0.954. The number of hydrogen-bond acceptors (Lipinski definition) is 4. The summed E-state index contributed by atoms with van der Waals surface area (Å²) in [5, 5.41) is 0. The average molecular weight is 181 g/mol. The molecule has 6 nitrogen and oxygen atoms in total. The van der Waals surface area contributed by atoms with Crippen LogP contribution in [0.1, 0.15) is 10.6 Å². The van der Waals surface area contributed by atoms with Gasteiger partial charge in [-0.1, -0.05) is 0 Å². The van der Waals surface area contributed by atoms with Gasteiger partial charge in [0.05, 0.1) is 6.20 Å². The topological polar surface area (TPSA) is 97.6 Å². The molecular formula is C6H4FN5O. The highest BCUT2D eigenvalue weighted by Crippen LogP contribution is 2.05. The molecule has 1 amide bonds. The number of imidazole rings is 1. The molecule has 0 atom stereocenters. The first-order chi connectivity index (χ1) is 6.16. The van der Waals surface area contributed by atoms with Crippen molar-refractivity contribution < 1.29 is 9.18 Å². The molecule has 0 fully saturated rings. The lowest BCUT2D eigenvalue weighted by molar-refractivity contribution is 0.0990.